The highest BCUT2D eigenvalue weighted by Crippen LogP contribution is 2.66. The van der Waals surface area contributed by atoms with Crippen LogP contribution in [0.2, 0.25) is 0 Å². The molecule has 8 nitrogen and oxygen atoms in total. The Morgan fingerprint density at radius 2 is 1.90 bits per heavy atom. The number of carbonyl (C=O) groups excluding carboxylic acids is 1. The Hall–Kier alpha value is -3.88. The SMILES string of the molecule is C.O=C(Nc1cccc(-c2ccncc2)c1)C1=C(O)[C@@H]2Oc3c(O)ccc4c3[C@@]23CCN(CC2CC2)[C@H](C4)[C@]3(O)C1. The third-order valence-corrected chi connectivity index (χ3v) is 9.93. The number of carbonyl (C=O) groups is 1. The fourth-order valence-electron chi connectivity index (χ4n) is 7.90. The van der Waals surface area contributed by atoms with Gasteiger partial charge in [-0.15, -0.1) is 0 Å². The maximum absolute atomic E-state index is 13.8. The van der Waals surface area contributed by atoms with Crippen LogP contribution in [0.25, 0.3) is 11.1 Å². The number of aromatic hydroxyl groups is 1. The first-order valence-electron chi connectivity index (χ1n) is 14.1. The number of amides is 1. The maximum Gasteiger partial charge on any atom is 0.255 e. The molecule has 1 aromatic heterocycles. The summed E-state index contributed by atoms with van der Waals surface area (Å²) < 4.78 is 6.30. The number of aliphatic hydroxyl groups is 2. The van der Waals surface area contributed by atoms with Gasteiger partial charge >= 0.3 is 0 Å². The van der Waals surface area contributed by atoms with Crippen LogP contribution in [0.3, 0.4) is 0 Å². The molecule has 5 aliphatic rings. The molecule has 1 spiro atoms. The van der Waals surface area contributed by atoms with Crippen molar-refractivity contribution in [1.82, 2.24) is 9.88 Å². The van der Waals surface area contributed by atoms with Crippen molar-refractivity contribution >= 4 is 11.6 Å². The molecule has 8 rings (SSSR count). The van der Waals surface area contributed by atoms with Crippen molar-refractivity contribution in [2.75, 3.05) is 18.4 Å². The molecule has 4 atom stereocenters. The van der Waals surface area contributed by atoms with Crippen molar-refractivity contribution in [3.8, 4) is 22.6 Å². The first-order valence-corrected chi connectivity index (χ1v) is 14.1. The molecule has 212 valence electrons. The number of aliphatic hydroxyl groups excluding tert-OH is 1. The molecule has 0 unspecified atom stereocenters. The summed E-state index contributed by atoms with van der Waals surface area (Å²) >= 11 is 0. The quantitative estimate of drug-likeness (QED) is 0.362. The van der Waals surface area contributed by atoms with Gasteiger partial charge in [0.1, 0.15) is 5.76 Å². The lowest BCUT2D eigenvalue weighted by molar-refractivity contribution is -0.172. The molecule has 3 aromatic rings. The number of ether oxygens (including phenoxy) is 1. The van der Waals surface area contributed by atoms with Gasteiger partial charge in [-0.3, -0.25) is 14.7 Å². The number of likely N-dealkylation sites (tertiary alicyclic amines) is 1. The van der Waals surface area contributed by atoms with Gasteiger partial charge in [-0.05, 0) is 85.2 Å². The number of hydrogen-bond acceptors (Lipinski definition) is 7. The molecule has 1 saturated heterocycles. The molecule has 41 heavy (non-hydrogen) atoms. The molecular formula is C33H35N3O5. The van der Waals surface area contributed by atoms with Gasteiger partial charge in [0.2, 0.25) is 0 Å². The monoisotopic (exact) mass is 553 g/mol. The zero-order chi connectivity index (χ0) is 27.2. The Kier molecular flexibility index (Phi) is 5.76. The average molecular weight is 554 g/mol. The summed E-state index contributed by atoms with van der Waals surface area (Å²) in [5, 5.41) is 38.1. The van der Waals surface area contributed by atoms with E-state index in [2.05, 4.69) is 15.2 Å². The van der Waals surface area contributed by atoms with Crippen LogP contribution in [-0.2, 0) is 16.6 Å². The topological polar surface area (TPSA) is 115 Å². The Labute approximate surface area is 239 Å². The Bertz CT molecular complexity index is 1580. The van der Waals surface area contributed by atoms with Gasteiger partial charge in [-0.2, -0.15) is 0 Å². The number of piperidine rings is 1. The molecule has 3 heterocycles. The van der Waals surface area contributed by atoms with Crippen LogP contribution in [0.4, 0.5) is 5.69 Å². The van der Waals surface area contributed by atoms with E-state index >= 15 is 0 Å². The number of anilines is 1. The number of nitrogens with zero attached hydrogens (tertiary/aromatic N) is 2. The summed E-state index contributed by atoms with van der Waals surface area (Å²) in [5.74, 6) is 0.344. The number of benzene rings is 2. The van der Waals surface area contributed by atoms with Crippen LogP contribution in [0.1, 0.15) is 44.2 Å². The van der Waals surface area contributed by atoms with Crippen LogP contribution in [0, 0.1) is 5.92 Å². The van der Waals surface area contributed by atoms with Crippen molar-refractivity contribution in [1.29, 1.82) is 0 Å². The first-order chi connectivity index (χ1) is 19.4. The summed E-state index contributed by atoms with van der Waals surface area (Å²) in [5.41, 5.74) is 2.20. The number of hydrogen-bond donors (Lipinski definition) is 4. The van der Waals surface area contributed by atoms with Crippen molar-refractivity contribution in [3.63, 3.8) is 0 Å². The van der Waals surface area contributed by atoms with Gasteiger partial charge < -0.3 is 25.4 Å². The highest BCUT2D eigenvalue weighted by molar-refractivity contribution is 6.05. The molecule has 1 amide bonds. The third kappa shape index (κ3) is 3.60. The second-order valence-corrected chi connectivity index (χ2v) is 12.1. The van der Waals surface area contributed by atoms with Crippen LogP contribution in [0.5, 0.6) is 11.5 Å². The standard InChI is InChI=1S/C32H31N3O5.CH4/c36-24-7-6-21-15-25-32(39)16-23(30(38)34-22-3-1-2-20(14-22)19-8-11-33-12-9-19)27(37)29-31(32,26(21)28(24)40-29)10-13-35(25)17-18-4-5-18;/h1-3,6-9,11-12,14,18,25,29,36-37,39H,4-5,10,13,15-17H2,(H,34,38);1H4/t25-,29+,31+,32-;/m1./s1. The number of phenols is 1. The Morgan fingerprint density at radius 1 is 1.10 bits per heavy atom. The van der Waals surface area contributed by atoms with Gasteiger partial charge in [0.25, 0.3) is 5.91 Å². The van der Waals surface area contributed by atoms with E-state index in [0.29, 0.717) is 30.2 Å². The van der Waals surface area contributed by atoms with Gasteiger partial charge in [-0.1, -0.05) is 25.6 Å². The van der Waals surface area contributed by atoms with Crippen LogP contribution < -0.4 is 10.1 Å². The van der Waals surface area contributed by atoms with E-state index in [-0.39, 0.29) is 37.0 Å². The summed E-state index contributed by atoms with van der Waals surface area (Å²) in [6.45, 7) is 1.70. The summed E-state index contributed by atoms with van der Waals surface area (Å²) in [6, 6.07) is 14.7. The number of rotatable bonds is 5. The van der Waals surface area contributed by atoms with Crippen molar-refractivity contribution in [2.45, 2.75) is 62.7 Å². The number of nitrogens with one attached hydrogen (secondary N) is 1. The van der Waals surface area contributed by atoms with E-state index in [0.717, 1.165) is 35.3 Å². The number of pyridine rings is 1. The smallest absolute Gasteiger partial charge is 0.255 e. The summed E-state index contributed by atoms with van der Waals surface area (Å²) in [7, 11) is 0. The van der Waals surface area contributed by atoms with E-state index < -0.39 is 23.0 Å². The largest absolute Gasteiger partial charge is 0.508 e. The molecule has 2 aromatic carbocycles. The van der Waals surface area contributed by atoms with E-state index in [1.807, 2.05) is 36.4 Å². The summed E-state index contributed by atoms with van der Waals surface area (Å²) in [4.78, 5) is 20.3. The predicted molar refractivity (Wildman–Crippen MR) is 155 cm³/mol. The first kappa shape index (κ1) is 26.0. The Morgan fingerprint density at radius 3 is 2.68 bits per heavy atom. The molecule has 2 aliphatic heterocycles. The summed E-state index contributed by atoms with van der Waals surface area (Å²) in [6.07, 6.45) is 6.11. The second-order valence-electron chi connectivity index (χ2n) is 12.1. The highest BCUT2D eigenvalue weighted by atomic mass is 16.5. The maximum atomic E-state index is 13.8. The predicted octanol–water partition coefficient (Wildman–Crippen LogP) is 4.72. The molecule has 1 saturated carbocycles. The molecule has 0 radical (unpaired) electrons. The second kappa shape index (κ2) is 9.06. The van der Waals surface area contributed by atoms with Gasteiger partial charge in [-0.25, -0.2) is 0 Å². The van der Waals surface area contributed by atoms with Gasteiger partial charge in [0, 0.05) is 42.7 Å². The lowest BCUT2D eigenvalue weighted by atomic mass is 9.49. The van der Waals surface area contributed by atoms with E-state index in [1.54, 1.807) is 24.5 Å². The van der Waals surface area contributed by atoms with Crippen molar-refractivity contribution in [2.24, 2.45) is 5.92 Å². The van der Waals surface area contributed by atoms with Crippen molar-refractivity contribution < 1.29 is 24.9 Å². The minimum Gasteiger partial charge on any atom is -0.508 e. The zero-order valence-electron chi connectivity index (χ0n) is 22.0. The van der Waals surface area contributed by atoms with Crippen molar-refractivity contribution in [3.05, 3.63) is 83.4 Å². The minimum absolute atomic E-state index is 0. The van der Waals surface area contributed by atoms with Crippen LogP contribution in [-0.4, -0.2) is 61.9 Å². The normalized spacial score (nSPS) is 29.3. The van der Waals surface area contributed by atoms with Crippen LogP contribution >= 0.6 is 0 Å². The number of phenolic OH excluding ortho intramolecular Hbond substituents is 1. The lowest BCUT2D eigenvalue weighted by Gasteiger charge is -2.62. The lowest BCUT2D eigenvalue weighted by Crippen LogP contribution is -2.75. The van der Waals surface area contributed by atoms with Gasteiger partial charge in [0.15, 0.2) is 17.6 Å². The minimum atomic E-state index is -1.34. The van der Waals surface area contributed by atoms with Gasteiger partial charge in [0.05, 0.1) is 16.6 Å². The molecular weight excluding hydrogens is 518 g/mol. The molecule has 8 heteroatoms. The molecule has 2 bridgehead atoms. The fourth-order valence-corrected chi connectivity index (χ4v) is 7.90. The Balaban J connectivity index is 0.00000276. The molecule has 2 fully saturated rings. The fraction of sp³-hybridized carbons (Fsp3) is 0.394. The van der Waals surface area contributed by atoms with E-state index in [4.69, 9.17) is 4.74 Å². The zero-order valence-corrected chi connectivity index (χ0v) is 22.0. The average Bonchev–Trinajstić information content (AvgIpc) is 3.70. The van der Waals surface area contributed by atoms with E-state index in [1.165, 1.54) is 12.8 Å². The molecule has 3 aliphatic carbocycles. The van der Waals surface area contributed by atoms with Crippen LogP contribution in [0.15, 0.2) is 72.3 Å². The highest BCUT2D eigenvalue weighted by Gasteiger charge is 2.73. The third-order valence-electron chi connectivity index (χ3n) is 9.93. The van der Waals surface area contributed by atoms with E-state index in [9.17, 15) is 20.1 Å². The molecule has 4 N–H and O–H groups in total. The number of aromatic nitrogens is 1.